The summed E-state index contributed by atoms with van der Waals surface area (Å²) >= 11 is 6.13. The van der Waals surface area contributed by atoms with Gasteiger partial charge in [0.2, 0.25) is 5.91 Å². The molecular weight excluding hydrogens is 402 g/mol. The average molecular weight is 436 g/mol. The molecule has 8 heteroatoms. The molecular formula is C22H34ClN5O2. The minimum Gasteiger partial charge on any atom is -0.375 e. The summed E-state index contributed by atoms with van der Waals surface area (Å²) in [5, 5.41) is 4.09. The number of hydrogen-bond acceptors (Lipinski definition) is 4. The van der Waals surface area contributed by atoms with Crippen LogP contribution in [0.25, 0.3) is 0 Å². The zero-order chi connectivity index (χ0) is 21.3. The van der Waals surface area contributed by atoms with E-state index >= 15 is 0 Å². The summed E-state index contributed by atoms with van der Waals surface area (Å²) in [5.74, 6) is 1.16. The number of carbonyl (C=O) groups excluding carboxylic acids is 1. The molecule has 166 valence electrons. The monoisotopic (exact) mass is 435 g/mol. The van der Waals surface area contributed by atoms with Crippen LogP contribution in [0.5, 0.6) is 0 Å². The van der Waals surface area contributed by atoms with Crippen molar-refractivity contribution in [1.29, 1.82) is 0 Å². The molecule has 0 aliphatic carbocycles. The average Bonchev–Trinajstić information content (AvgIpc) is 3.29. The van der Waals surface area contributed by atoms with Crippen molar-refractivity contribution >= 4 is 23.5 Å². The Morgan fingerprint density at radius 3 is 2.53 bits per heavy atom. The zero-order valence-corrected chi connectivity index (χ0v) is 18.9. The molecule has 7 nitrogen and oxygen atoms in total. The summed E-state index contributed by atoms with van der Waals surface area (Å²) in [6.45, 7) is 9.22. The van der Waals surface area contributed by atoms with Gasteiger partial charge in [-0.15, -0.1) is 0 Å². The van der Waals surface area contributed by atoms with Gasteiger partial charge in [0, 0.05) is 57.9 Å². The molecule has 1 amide bonds. The molecule has 1 aromatic carbocycles. The molecule has 2 heterocycles. The zero-order valence-electron chi connectivity index (χ0n) is 18.1. The predicted octanol–water partition coefficient (Wildman–Crippen LogP) is 2.23. The third-order valence-corrected chi connectivity index (χ3v) is 5.97. The van der Waals surface area contributed by atoms with Gasteiger partial charge in [0.05, 0.1) is 13.1 Å². The van der Waals surface area contributed by atoms with Gasteiger partial charge in [0.25, 0.3) is 0 Å². The van der Waals surface area contributed by atoms with Crippen LogP contribution in [-0.2, 0) is 9.53 Å². The summed E-state index contributed by atoms with van der Waals surface area (Å²) in [5.41, 5.74) is 1.02. The van der Waals surface area contributed by atoms with E-state index < -0.39 is 0 Å². The second kappa shape index (κ2) is 11.5. The molecule has 0 aromatic heterocycles. The van der Waals surface area contributed by atoms with Gasteiger partial charge < -0.3 is 19.9 Å². The normalized spacial score (nSPS) is 19.2. The number of rotatable bonds is 7. The van der Waals surface area contributed by atoms with Crippen LogP contribution in [0.4, 0.5) is 0 Å². The standard InChI is InChI=1S/C22H34ClN5O2/c1-3-24-22(25-16-20(30-2)18-7-6-8-19(23)15-18)28-13-11-26(12-14-28)17-21(29)27-9-4-5-10-27/h6-8,15,20H,3-5,9-14,16-17H2,1-2H3,(H,24,25). The molecule has 3 rings (SSSR count). The third-order valence-electron chi connectivity index (χ3n) is 5.74. The molecule has 0 bridgehead atoms. The maximum Gasteiger partial charge on any atom is 0.236 e. The lowest BCUT2D eigenvalue weighted by atomic mass is 10.1. The number of piperazine rings is 1. The Labute approximate surface area is 185 Å². The Morgan fingerprint density at radius 2 is 1.90 bits per heavy atom. The number of benzene rings is 1. The fraction of sp³-hybridized carbons (Fsp3) is 0.636. The molecule has 0 saturated carbocycles. The fourth-order valence-corrected chi connectivity index (χ4v) is 4.19. The topological polar surface area (TPSA) is 60.4 Å². The summed E-state index contributed by atoms with van der Waals surface area (Å²) in [7, 11) is 1.70. The van der Waals surface area contributed by atoms with Crippen LogP contribution in [0.1, 0.15) is 31.4 Å². The second-order valence-electron chi connectivity index (χ2n) is 7.83. The van der Waals surface area contributed by atoms with Crippen molar-refractivity contribution in [2.24, 2.45) is 4.99 Å². The molecule has 2 saturated heterocycles. The van der Waals surface area contributed by atoms with Crippen molar-refractivity contribution < 1.29 is 9.53 Å². The van der Waals surface area contributed by atoms with Crippen LogP contribution in [0, 0.1) is 0 Å². The number of nitrogens with one attached hydrogen (secondary N) is 1. The lowest BCUT2D eigenvalue weighted by molar-refractivity contribution is -0.131. The van der Waals surface area contributed by atoms with E-state index in [0.29, 0.717) is 18.1 Å². The van der Waals surface area contributed by atoms with E-state index in [1.165, 1.54) is 0 Å². The van der Waals surface area contributed by atoms with E-state index in [9.17, 15) is 4.79 Å². The number of nitrogens with zero attached hydrogens (tertiary/aromatic N) is 4. The number of amides is 1. The van der Waals surface area contributed by atoms with Crippen molar-refractivity contribution in [2.45, 2.75) is 25.9 Å². The number of aliphatic imine (C=N–C) groups is 1. The van der Waals surface area contributed by atoms with E-state index in [1.807, 2.05) is 29.2 Å². The van der Waals surface area contributed by atoms with Gasteiger partial charge in [-0.1, -0.05) is 23.7 Å². The van der Waals surface area contributed by atoms with Crippen LogP contribution in [0.2, 0.25) is 5.02 Å². The van der Waals surface area contributed by atoms with E-state index in [0.717, 1.165) is 70.2 Å². The van der Waals surface area contributed by atoms with Crippen molar-refractivity contribution in [3.8, 4) is 0 Å². The lowest BCUT2D eigenvalue weighted by Crippen LogP contribution is -2.54. The van der Waals surface area contributed by atoms with Gasteiger partial charge >= 0.3 is 0 Å². The van der Waals surface area contributed by atoms with E-state index in [1.54, 1.807) is 7.11 Å². The minimum absolute atomic E-state index is 0.142. The summed E-state index contributed by atoms with van der Waals surface area (Å²) in [6, 6.07) is 7.73. The van der Waals surface area contributed by atoms with E-state index in [2.05, 4.69) is 22.0 Å². The Hall–Kier alpha value is -1.83. The summed E-state index contributed by atoms with van der Waals surface area (Å²) in [4.78, 5) is 23.8. The maximum atomic E-state index is 12.4. The Bertz CT molecular complexity index is 715. The first-order chi connectivity index (χ1) is 14.6. The Morgan fingerprint density at radius 1 is 1.17 bits per heavy atom. The molecule has 1 N–H and O–H groups in total. The molecule has 0 radical (unpaired) electrons. The highest BCUT2D eigenvalue weighted by atomic mass is 35.5. The minimum atomic E-state index is -0.142. The molecule has 1 unspecified atom stereocenters. The molecule has 0 spiro atoms. The first-order valence-electron chi connectivity index (χ1n) is 10.9. The SMILES string of the molecule is CCNC(=NCC(OC)c1cccc(Cl)c1)N1CCN(CC(=O)N2CCCC2)CC1. The van der Waals surface area contributed by atoms with Gasteiger partial charge in [-0.2, -0.15) is 0 Å². The number of carbonyl (C=O) groups is 1. The fourth-order valence-electron chi connectivity index (χ4n) is 3.99. The lowest BCUT2D eigenvalue weighted by Gasteiger charge is -2.36. The van der Waals surface area contributed by atoms with Crippen LogP contribution < -0.4 is 5.32 Å². The number of hydrogen-bond donors (Lipinski definition) is 1. The van der Waals surface area contributed by atoms with Gasteiger partial charge in [-0.25, -0.2) is 0 Å². The van der Waals surface area contributed by atoms with Crippen molar-refractivity contribution in [1.82, 2.24) is 20.0 Å². The maximum absolute atomic E-state index is 12.4. The highest BCUT2D eigenvalue weighted by Crippen LogP contribution is 2.21. The van der Waals surface area contributed by atoms with Crippen molar-refractivity contribution in [2.75, 3.05) is 66.0 Å². The Balaban J connectivity index is 1.54. The van der Waals surface area contributed by atoms with Crippen LogP contribution >= 0.6 is 11.6 Å². The van der Waals surface area contributed by atoms with Crippen LogP contribution in [0.15, 0.2) is 29.3 Å². The largest absolute Gasteiger partial charge is 0.375 e. The Kier molecular flexibility index (Phi) is 8.78. The van der Waals surface area contributed by atoms with Crippen molar-refractivity contribution in [3.05, 3.63) is 34.9 Å². The number of ether oxygens (including phenoxy) is 1. The number of guanidine groups is 1. The van der Waals surface area contributed by atoms with Gasteiger partial charge in [0.15, 0.2) is 5.96 Å². The number of halogens is 1. The number of methoxy groups -OCH3 is 1. The number of likely N-dealkylation sites (tertiary alicyclic amines) is 1. The molecule has 2 aliphatic rings. The second-order valence-corrected chi connectivity index (χ2v) is 8.26. The summed E-state index contributed by atoms with van der Waals surface area (Å²) in [6.07, 6.45) is 2.14. The van der Waals surface area contributed by atoms with Gasteiger partial charge in [0.1, 0.15) is 6.10 Å². The molecule has 2 aliphatic heterocycles. The van der Waals surface area contributed by atoms with E-state index in [4.69, 9.17) is 21.3 Å². The highest BCUT2D eigenvalue weighted by molar-refractivity contribution is 6.30. The first-order valence-corrected chi connectivity index (χ1v) is 11.3. The summed E-state index contributed by atoms with van der Waals surface area (Å²) < 4.78 is 5.65. The first kappa shape index (κ1) is 22.8. The van der Waals surface area contributed by atoms with E-state index in [-0.39, 0.29) is 12.0 Å². The quantitative estimate of drug-likeness (QED) is 0.525. The molecule has 30 heavy (non-hydrogen) atoms. The van der Waals surface area contributed by atoms with Crippen LogP contribution in [0.3, 0.4) is 0 Å². The highest BCUT2D eigenvalue weighted by Gasteiger charge is 2.24. The molecule has 2 fully saturated rings. The van der Waals surface area contributed by atoms with Crippen molar-refractivity contribution in [3.63, 3.8) is 0 Å². The smallest absolute Gasteiger partial charge is 0.236 e. The van der Waals surface area contributed by atoms with Crippen LogP contribution in [-0.4, -0.2) is 92.6 Å². The molecule has 1 aromatic rings. The van der Waals surface area contributed by atoms with Gasteiger partial charge in [-0.3, -0.25) is 14.7 Å². The molecule has 1 atom stereocenters. The third kappa shape index (κ3) is 6.33. The van der Waals surface area contributed by atoms with Gasteiger partial charge in [-0.05, 0) is 37.5 Å². The predicted molar refractivity (Wildman–Crippen MR) is 121 cm³/mol.